The van der Waals surface area contributed by atoms with Crippen LogP contribution in [0.25, 0.3) is 0 Å². The quantitative estimate of drug-likeness (QED) is 0.815. The average molecular weight is 386 g/mol. The molecule has 2 aliphatic rings. The first-order valence-corrected chi connectivity index (χ1v) is 9.30. The van der Waals surface area contributed by atoms with Gasteiger partial charge >= 0.3 is 6.18 Å². The molecule has 1 aromatic carbocycles. The largest absolute Gasteiger partial charge is 0.416 e. The van der Waals surface area contributed by atoms with Crippen LogP contribution in [0.2, 0.25) is 0 Å². The van der Waals surface area contributed by atoms with E-state index in [0.29, 0.717) is 51.2 Å². The number of hydrogen-bond acceptors (Lipinski definition) is 4. The Labute approximate surface area is 156 Å². The van der Waals surface area contributed by atoms with Gasteiger partial charge in [-0.2, -0.15) is 13.2 Å². The zero-order chi connectivity index (χ0) is 19.5. The van der Waals surface area contributed by atoms with Gasteiger partial charge in [-0.3, -0.25) is 4.79 Å². The third kappa shape index (κ3) is 5.00. The van der Waals surface area contributed by atoms with Crippen molar-refractivity contribution in [1.82, 2.24) is 10.2 Å². The summed E-state index contributed by atoms with van der Waals surface area (Å²) in [6.07, 6.45) is -2.16. The van der Waals surface area contributed by atoms with Crippen LogP contribution in [-0.2, 0) is 21.3 Å². The number of nitrogens with zero attached hydrogens (tertiary/aromatic N) is 1. The molecule has 27 heavy (non-hydrogen) atoms. The van der Waals surface area contributed by atoms with Crippen LogP contribution in [0.15, 0.2) is 24.3 Å². The second-order valence-electron chi connectivity index (χ2n) is 7.24. The molecule has 0 aromatic heterocycles. The fraction of sp³-hybridized carbons (Fsp3) is 0.632. The van der Waals surface area contributed by atoms with Crippen molar-refractivity contribution in [3.05, 3.63) is 35.4 Å². The smallest absolute Gasteiger partial charge is 0.385 e. The van der Waals surface area contributed by atoms with Gasteiger partial charge in [0.05, 0.1) is 11.2 Å². The van der Waals surface area contributed by atoms with Gasteiger partial charge < -0.3 is 20.1 Å². The van der Waals surface area contributed by atoms with E-state index in [4.69, 9.17) is 4.74 Å². The maximum Gasteiger partial charge on any atom is 0.416 e. The van der Waals surface area contributed by atoms with Crippen molar-refractivity contribution in [2.45, 2.75) is 43.6 Å². The molecular weight excluding hydrogens is 361 g/mol. The van der Waals surface area contributed by atoms with E-state index in [1.165, 1.54) is 12.1 Å². The van der Waals surface area contributed by atoms with E-state index in [0.717, 1.165) is 25.0 Å². The number of amides is 1. The second kappa shape index (κ2) is 8.16. The Bertz CT molecular complexity index is 635. The standard InChI is InChI=1S/C19H25F3N2O3/c20-19(21,22)15-5-3-14(4-6-15)18(26)7-10-24(11-8-18)12-9-23-17(25)16-2-1-13-27-16/h3-6,16,26H,1-2,7-13H2,(H,23,25)/t16-/m1/s1. The molecule has 3 rings (SSSR count). The van der Waals surface area contributed by atoms with Crippen molar-refractivity contribution in [2.75, 3.05) is 32.8 Å². The SMILES string of the molecule is O=C(NCCN1CCC(O)(c2ccc(C(F)(F)F)cc2)CC1)[C@H]1CCCO1. The number of rotatable bonds is 5. The highest BCUT2D eigenvalue weighted by Gasteiger charge is 2.35. The number of ether oxygens (including phenoxy) is 1. The Morgan fingerprint density at radius 3 is 2.48 bits per heavy atom. The third-order valence-corrected chi connectivity index (χ3v) is 5.38. The fourth-order valence-electron chi connectivity index (χ4n) is 3.64. The van der Waals surface area contributed by atoms with Crippen LogP contribution in [0.3, 0.4) is 0 Å². The first-order valence-electron chi connectivity index (χ1n) is 9.30. The summed E-state index contributed by atoms with van der Waals surface area (Å²) in [7, 11) is 0. The summed E-state index contributed by atoms with van der Waals surface area (Å²) in [5.41, 5.74) is -1.31. The molecule has 2 aliphatic heterocycles. The molecule has 2 saturated heterocycles. The fourth-order valence-corrected chi connectivity index (χ4v) is 3.64. The molecule has 1 atom stereocenters. The number of benzene rings is 1. The molecule has 150 valence electrons. The lowest BCUT2D eigenvalue weighted by molar-refractivity contribution is -0.137. The van der Waals surface area contributed by atoms with Gasteiger partial charge in [0.1, 0.15) is 6.10 Å². The third-order valence-electron chi connectivity index (χ3n) is 5.38. The first kappa shape index (κ1) is 20.1. The van der Waals surface area contributed by atoms with E-state index >= 15 is 0 Å². The van der Waals surface area contributed by atoms with Crippen LogP contribution in [0.1, 0.15) is 36.8 Å². The predicted octanol–water partition coefficient (Wildman–Crippen LogP) is 2.28. The Balaban J connectivity index is 1.45. The van der Waals surface area contributed by atoms with Crippen LogP contribution >= 0.6 is 0 Å². The Morgan fingerprint density at radius 2 is 1.93 bits per heavy atom. The minimum Gasteiger partial charge on any atom is -0.385 e. The molecular formula is C19H25F3N2O3. The molecule has 0 bridgehead atoms. The first-order chi connectivity index (χ1) is 12.8. The van der Waals surface area contributed by atoms with E-state index in [9.17, 15) is 23.1 Å². The van der Waals surface area contributed by atoms with Crippen molar-refractivity contribution >= 4 is 5.91 Å². The van der Waals surface area contributed by atoms with Crippen molar-refractivity contribution in [3.63, 3.8) is 0 Å². The highest BCUT2D eigenvalue weighted by molar-refractivity contribution is 5.80. The summed E-state index contributed by atoms with van der Waals surface area (Å²) in [6, 6.07) is 4.75. The van der Waals surface area contributed by atoms with Gasteiger partial charge in [0.2, 0.25) is 5.91 Å². The summed E-state index contributed by atoms with van der Waals surface area (Å²) in [4.78, 5) is 14.0. The predicted molar refractivity (Wildman–Crippen MR) is 93.0 cm³/mol. The van der Waals surface area contributed by atoms with Gasteiger partial charge in [0.25, 0.3) is 0 Å². The topological polar surface area (TPSA) is 61.8 Å². The molecule has 2 fully saturated rings. The maximum atomic E-state index is 12.7. The van der Waals surface area contributed by atoms with E-state index in [1.807, 2.05) is 0 Å². The van der Waals surface area contributed by atoms with Gasteiger partial charge in [-0.15, -0.1) is 0 Å². The highest BCUT2D eigenvalue weighted by Crippen LogP contribution is 2.35. The van der Waals surface area contributed by atoms with Crippen molar-refractivity contribution in [3.8, 4) is 0 Å². The molecule has 2 heterocycles. The number of carbonyl (C=O) groups excluding carboxylic acids is 1. The van der Waals surface area contributed by atoms with Crippen LogP contribution in [0.5, 0.6) is 0 Å². The molecule has 0 aliphatic carbocycles. The van der Waals surface area contributed by atoms with Gasteiger partial charge in [0.15, 0.2) is 0 Å². The zero-order valence-corrected chi connectivity index (χ0v) is 15.1. The molecule has 1 aromatic rings. The number of hydrogen-bond donors (Lipinski definition) is 2. The highest BCUT2D eigenvalue weighted by atomic mass is 19.4. The number of carbonyl (C=O) groups is 1. The van der Waals surface area contributed by atoms with E-state index < -0.39 is 17.3 Å². The van der Waals surface area contributed by atoms with E-state index in [2.05, 4.69) is 10.2 Å². The lowest BCUT2D eigenvalue weighted by Crippen LogP contribution is -2.46. The van der Waals surface area contributed by atoms with Crippen LogP contribution in [0, 0.1) is 0 Å². The van der Waals surface area contributed by atoms with Crippen LogP contribution < -0.4 is 5.32 Å². The minimum atomic E-state index is -4.38. The monoisotopic (exact) mass is 386 g/mol. The number of piperidine rings is 1. The Kier molecular flexibility index (Phi) is 6.08. The molecule has 0 unspecified atom stereocenters. The summed E-state index contributed by atoms with van der Waals surface area (Å²) >= 11 is 0. The maximum absolute atomic E-state index is 12.7. The molecule has 5 nitrogen and oxygen atoms in total. The number of likely N-dealkylation sites (tertiary alicyclic amines) is 1. The second-order valence-corrected chi connectivity index (χ2v) is 7.24. The lowest BCUT2D eigenvalue weighted by atomic mass is 9.84. The van der Waals surface area contributed by atoms with E-state index in [-0.39, 0.29) is 12.0 Å². The lowest BCUT2D eigenvalue weighted by Gasteiger charge is -2.38. The van der Waals surface area contributed by atoms with Gasteiger partial charge in [0, 0.05) is 32.8 Å². The Morgan fingerprint density at radius 1 is 1.26 bits per heavy atom. The zero-order valence-electron chi connectivity index (χ0n) is 15.1. The number of aliphatic hydroxyl groups is 1. The summed E-state index contributed by atoms with van der Waals surface area (Å²) < 4.78 is 43.4. The van der Waals surface area contributed by atoms with Crippen molar-refractivity contribution in [2.24, 2.45) is 0 Å². The minimum absolute atomic E-state index is 0.0780. The number of halogens is 3. The molecule has 0 saturated carbocycles. The molecule has 0 radical (unpaired) electrons. The summed E-state index contributed by atoms with van der Waals surface area (Å²) in [6.45, 7) is 3.05. The average Bonchev–Trinajstić information content (AvgIpc) is 3.18. The molecule has 0 spiro atoms. The van der Waals surface area contributed by atoms with Gasteiger partial charge in [-0.25, -0.2) is 0 Å². The number of alkyl halides is 3. The van der Waals surface area contributed by atoms with E-state index in [1.54, 1.807) is 0 Å². The Hall–Kier alpha value is -1.64. The summed E-state index contributed by atoms with van der Waals surface area (Å²) in [5.74, 6) is -0.0780. The van der Waals surface area contributed by atoms with Crippen molar-refractivity contribution in [1.29, 1.82) is 0 Å². The molecule has 1 amide bonds. The molecule has 8 heteroatoms. The normalized spacial score (nSPS) is 23.3. The van der Waals surface area contributed by atoms with Crippen molar-refractivity contribution < 1.29 is 27.8 Å². The van der Waals surface area contributed by atoms with Crippen LogP contribution in [-0.4, -0.2) is 54.8 Å². The number of nitrogens with one attached hydrogen (secondary N) is 1. The van der Waals surface area contributed by atoms with Gasteiger partial charge in [-0.05, 0) is 43.4 Å². The van der Waals surface area contributed by atoms with Gasteiger partial charge in [-0.1, -0.05) is 12.1 Å². The summed E-state index contributed by atoms with van der Waals surface area (Å²) in [5, 5.41) is 13.7. The molecule has 2 N–H and O–H groups in total. The van der Waals surface area contributed by atoms with Crippen LogP contribution in [0.4, 0.5) is 13.2 Å².